The molecule has 1 heterocycles. The van der Waals surface area contributed by atoms with E-state index in [0.29, 0.717) is 34.7 Å². The fourth-order valence-corrected chi connectivity index (χ4v) is 4.51. The van der Waals surface area contributed by atoms with Gasteiger partial charge in [0.05, 0.1) is 4.91 Å². The molecule has 0 spiro atoms. The van der Waals surface area contributed by atoms with Crippen LogP contribution in [-0.2, 0) is 17.8 Å². The smallest absolute Gasteiger partial charge is 0.293 e. The number of amides is 2. The summed E-state index contributed by atoms with van der Waals surface area (Å²) in [6.07, 6.45) is 2.27. The number of ether oxygens (including phenoxy) is 1. The molecule has 1 fully saturated rings. The van der Waals surface area contributed by atoms with Crippen molar-refractivity contribution in [2.24, 2.45) is 0 Å². The lowest BCUT2D eigenvalue weighted by molar-refractivity contribution is -0.122. The minimum Gasteiger partial charge on any atom is -0.488 e. The van der Waals surface area contributed by atoms with Crippen LogP contribution in [0.3, 0.4) is 0 Å². The van der Waals surface area contributed by atoms with Gasteiger partial charge in [-0.05, 0) is 65.7 Å². The van der Waals surface area contributed by atoms with Crippen molar-refractivity contribution < 1.29 is 18.7 Å². The third-order valence-corrected chi connectivity index (χ3v) is 6.28. The maximum atomic E-state index is 13.4. The number of nitrogens with zero attached hydrogens (tertiary/aromatic N) is 1. The maximum absolute atomic E-state index is 13.4. The fourth-order valence-electron chi connectivity index (χ4n) is 3.27. The summed E-state index contributed by atoms with van der Waals surface area (Å²) in [4.78, 5) is 26.9. The molecule has 7 heteroatoms. The SMILES string of the molecule is O=C1S/C(=C\c2cc(Br)ccc2OCc2cccc(F)c2)C(=O)N1CCc1ccccc1. The average Bonchev–Trinajstić information content (AvgIpc) is 3.05. The van der Waals surface area contributed by atoms with Crippen LogP contribution in [-0.4, -0.2) is 22.6 Å². The Morgan fingerprint density at radius 1 is 0.969 bits per heavy atom. The molecule has 0 unspecified atom stereocenters. The topological polar surface area (TPSA) is 46.6 Å². The molecule has 1 aliphatic rings. The lowest BCUT2D eigenvalue weighted by Gasteiger charge is -2.12. The number of benzene rings is 3. The van der Waals surface area contributed by atoms with Crippen molar-refractivity contribution >= 4 is 44.9 Å². The van der Waals surface area contributed by atoms with E-state index in [1.807, 2.05) is 42.5 Å². The summed E-state index contributed by atoms with van der Waals surface area (Å²) in [6.45, 7) is 0.506. The van der Waals surface area contributed by atoms with E-state index in [0.717, 1.165) is 21.8 Å². The van der Waals surface area contributed by atoms with Gasteiger partial charge >= 0.3 is 0 Å². The van der Waals surface area contributed by atoms with Crippen molar-refractivity contribution in [2.75, 3.05) is 6.54 Å². The minimum absolute atomic E-state index is 0.179. The Balaban J connectivity index is 1.50. The van der Waals surface area contributed by atoms with Gasteiger partial charge in [0.15, 0.2) is 0 Å². The zero-order chi connectivity index (χ0) is 22.5. The zero-order valence-electron chi connectivity index (χ0n) is 17.0. The number of rotatable bonds is 7. The van der Waals surface area contributed by atoms with Crippen molar-refractivity contribution in [3.63, 3.8) is 0 Å². The van der Waals surface area contributed by atoms with Gasteiger partial charge in [-0.15, -0.1) is 0 Å². The van der Waals surface area contributed by atoms with Gasteiger partial charge < -0.3 is 4.74 Å². The number of carbonyl (C=O) groups is 2. The molecule has 2 amide bonds. The van der Waals surface area contributed by atoms with Crippen LogP contribution in [0.1, 0.15) is 16.7 Å². The van der Waals surface area contributed by atoms with Crippen LogP contribution >= 0.6 is 27.7 Å². The summed E-state index contributed by atoms with van der Waals surface area (Å²) in [5.74, 6) is -0.105. The van der Waals surface area contributed by atoms with E-state index in [1.54, 1.807) is 24.3 Å². The van der Waals surface area contributed by atoms with Gasteiger partial charge in [0.25, 0.3) is 11.1 Å². The molecule has 32 heavy (non-hydrogen) atoms. The van der Waals surface area contributed by atoms with E-state index >= 15 is 0 Å². The van der Waals surface area contributed by atoms with Gasteiger partial charge in [0.2, 0.25) is 0 Å². The summed E-state index contributed by atoms with van der Waals surface area (Å²) >= 11 is 4.36. The molecule has 0 aliphatic carbocycles. The van der Waals surface area contributed by atoms with Crippen LogP contribution in [0.2, 0.25) is 0 Å². The van der Waals surface area contributed by atoms with Gasteiger partial charge in [0.1, 0.15) is 18.2 Å². The Morgan fingerprint density at radius 2 is 1.75 bits per heavy atom. The van der Waals surface area contributed by atoms with Crippen LogP contribution in [0.25, 0.3) is 6.08 Å². The normalized spacial score (nSPS) is 14.9. The molecule has 1 aliphatic heterocycles. The van der Waals surface area contributed by atoms with Crippen molar-refractivity contribution in [1.29, 1.82) is 0 Å². The lowest BCUT2D eigenvalue weighted by atomic mass is 10.1. The summed E-state index contributed by atoms with van der Waals surface area (Å²) in [6, 6.07) is 21.3. The van der Waals surface area contributed by atoms with Crippen LogP contribution in [0.4, 0.5) is 9.18 Å². The Labute approximate surface area is 198 Å². The van der Waals surface area contributed by atoms with E-state index in [9.17, 15) is 14.0 Å². The molecule has 162 valence electrons. The van der Waals surface area contributed by atoms with Crippen LogP contribution in [0.5, 0.6) is 5.75 Å². The molecular weight excluding hydrogens is 493 g/mol. The highest BCUT2D eigenvalue weighted by atomic mass is 79.9. The van der Waals surface area contributed by atoms with Crippen molar-refractivity contribution in [3.8, 4) is 5.75 Å². The minimum atomic E-state index is -0.327. The first-order valence-corrected chi connectivity index (χ1v) is 11.6. The fraction of sp³-hybridized carbons (Fsp3) is 0.120. The Hall–Kier alpha value is -2.90. The summed E-state index contributed by atoms with van der Waals surface area (Å²) in [7, 11) is 0. The molecule has 3 aromatic rings. The Morgan fingerprint density at radius 3 is 2.53 bits per heavy atom. The standard InChI is InChI=1S/C25H19BrFNO3S/c26-20-9-10-22(31-16-18-7-4-8-21(27)13-18)19(14-20)15-23-24(29)28(25(30)32-23)12-11-17-5-2-1-3-6-17/h1-10,13-15H,11-12,16H2/b23-15-. The molecule has 0 atom stereocenters. The summed E-state index contributed by atoms with van der Waals surface area (Å²) in [5.41, 5.74) is 2.42. The van der Waals surface area contributed by atoms with E-state index < -0.39 is 0 Å². The summed E-state index contributed by atoms with van der Waals surface area (Å²) in [5, 5.41) is -0.283. The predicted molar refractivity (Wildman–Crippen MR) is 128 cm³/mol. The van der Waals surface area contributed by atoms with E-state index in [4.69, 9.17) is 4.74 Å². The van der Waals surface area contributed by atoms with Crippen LogP contribution < -0.4 is 4.74 Å². The van der Waals surface area contributed by atoms with Gasteiger partial charge in [-0.25, -0.2) is 4.39 Å². The van der Waals surface area contributed by atoms with Gasteiger partial charge in [-0.1, -0.05) is 58.4 Å². The monoisotopic (exact) mass is 511 g/mol. The Kier molecular flexibility index (Phi) is 7.07. The van der Waals surface area contributed by atoms with Gasteiger partial charge in [-0.3, -0.25) is 14.5 Å². The quantitative estimate of drug-likeness (QED) is 0.342. The number of halogens is 2. The second-order valence-electron chi connectivity index (χ2n) is 7.17. The molecule has 0 aromatic heterocycles. The third kappa shape index (κ3) is 5.47. The molecule has 0 N–H and O–H groups in total. The molecule has 0 radical (unpaired) electrons. The number of hydrogen-bond acceptors (Lipinski definition) is 4. The molecule has 0 saturated carbocycles. The first-order valence-electron chi connectivity index (χ1n) is 9.96. The van der Waals surface area contributed by atoms with E-state index in [-0.39, 0.29) is 23.6 Å². The first kappa shape index (κ1) is 22.3. The highest BCUT2D eigenvalue weighted by Gasteiger charge is 2.34. The number of hydrogen-bond donors (Lipinski definition) is 0. The second kappa shape index (κ2) is 10.1. The van der Waals surface area contributed by atoms with Crippen LogP contribution in [0.15, 0.2) is 82.2 Å². The van der Waals surface area contributed by atoms with Crippen molar-refractivity contribution in [3.05, 3.63) is 105 Å². The molecular formula is C25H19BrFNO3S. The highest BCUT2D eigenvalue weighted by Crippen LogP contribution is 2.35. The largest absolute Gasteiger partial charge is 0.488 e. The van der Waals surface area contributed by atoms with E-state index in [2.05, 4.69) is 15.9 Å². The highest BCUT2D eigenvalue weighted by molar-refractivity contribution is 9.10. The Bertz CT molecular complexity index is 1180. The summed E-state index contributed by atoms with van der Waals surface area (Å²) < 4.78 is 20.1. The molecule has 3 aromatic carbocycles. The molecule has 0 bridgehead atoms. The maximum Gasteiger partial charge on any atom is 0.293 e. The first-order chi connectivity index (χ1) is 15.5. The van der Waals surface area contributed by atoms with Gasteiger partial charge in [0, 0.05) is 16.6 Å². The lowest BCUT2D eigenvalue weighted by Crippen LogP contribution is -2.30. The molecule has 4 nitrogen and oxygen atoms in total. The zero-order valence-corrected chi connectivity index (χ0v) is 19.4. The van der Waals surface area contributed by atoms with Gasteiger partial charge in [-0.2, -0.15) is 0 Å². The number of imide groups is 1. The molecule has 1 saturated heterocycles. The molecule has 4 rings (SSSR count). The third-order valence-electron chi connectivity index (χ3n) is 4.88. The second-order valence-corrected chi connectivity index (χ2v) is 9.08. The number of thioether (sulfide) groups is 1. The van der Waals surface area contributed by atoms with E-state index in [1.165, 1.54) is 17.0 Å². The predicted octanol–water partition coefficient (Wildman–Crippen LogP) is 6.45. The number of carbonyl (C=O) groups excluding carboxylic acids is 2. The average molecular weight is 512 g/mol. The van der Waals surface area contributed by atoms with Crippen LogP contribution in [0, 0.1) is 5.82 Å². The van der Waals surface area contributed by atoms with Crippen molar-refractivity contribution in [2.45, 2.75) is 13.0 Å². The van der Waals surface area contributed by atoms with Crippen molar-refractivity contribution in [1.82, 2.24) is 4.90 Å².